The highest BCUT2D eigenvalue weighted by atomic mass is 15.2. The number of nitrogens with one attached hydrogen (secondary N) is 1. The molecule has 0 aromatic rings. The van der Waals surface area contributed by atoms with E-state index in [9.17, 15) is 0 Å². The molecular weight excluding hydrogens is 232 g/mol. The van der Waals surface area contributed by atoms with E-state index in [1.165, 1.54) is 71.0 Å². The third-order valence-corrected chi connectivity index (χ3v) is 5.33. The molecule has 0 radical (unpaired) electrons. The summed E-state index contributed by atoms with van der Waals surface area (Å²) in [5.74, 6) is 0. The fourth-order valence-corrected chi connectivity index (χ4v) is 3.68. The van der Waals surface area contributed by atoms with E-state index in [0.717, 1.165) is 12.1 Å². The molecule has 0 aromatic carbocycles. The number of piperidine rings is 1. The largest absolute Gasteiger partial charge is 0.314 e. The number of nitrogens with zero attached hydrogens (tertiary/aromatic N) is 1. The maximum Gasteiger partial charge on any atom is 0.00674 e. The van der Waals surface area contributed by atoms with Crippen LogP contribution in [0.1, 0.15) is 72.1 Å². The predicted molar refractivity (Wildman–Crippen MR) is 83.5 cm³/mol. The normalized spacial score (nSPS) is 29.5. The van der Waals surface area contributed by atoms with E-state index in [2.05, 4.69) is 31.0 Å². The highest BCUT2D eigenvalue weighted by Gasteiger charge is 2.26. The quantitative estimate of drug-likeness (QED) is 0.761. The van der Waals surface area contributed by atoms with Crippen LogP contribution in [-0.2, 0) is 0 Å². The molecule has 1 saturated carbocycles. The van der Waals surface area contributed by atoms with Crippen molar-refractivity contribution in [2.24, 2.45) is 5.41 Å². The standard InChI is InChI=1S/C17H34N2/c1-15-7-4-5-13-19(15)14-6-12-18-16-8-10-17(2,3)11-9-16/h15-16,18H,4-14H2,1-3H3. The van der Waals surface area contributed by atoms with E-state index >= 15 is 0 Å². The van der Waals surface area contributed by atoms with Crippen molar-refractivity contribution < 1.29 is 0 Å². The Morgan fingerprint density at radius 2 is 1.84 bits per heavy atom. The summed E-state index contributed by atoms with van der Waals surface area (Å²) in [6.07, 6.45) is 11.1. The fourth-order valence-electron chi connectivity index (χ4n) is 3.68. The Hall–Kier alpha value is -0.0800. The summed E-state index contributed by atoms with van der Waals surface area (Å²) >= 11 is 0. The number of likely N-dealkylation sites (tertiary alicyclic amines) is 1. The SMILES string of the molecule is CC1CCCCN1CCCNC1CCC(C)(C)CC1. The molecule has 0 spiro atoms. The lowest BCUT2D eigenvalue weighted by molar-refractivity contribution is 0.156. The molecule has 0 bridgehead atoms. The zero-order valence-electron chi connectivity index (χ0n) is 13.4. The maximum absolute atomic E-state index is 3.79. The summed E-state index contributed by atoms with van der Waals surface area (Å²) in [6, 6.07) is 1.62. The molecule has 2 heteroatoms. The Balaban J connectivity index is 1.55. The molecule has 19 heavy (non-hydrogen) atoms. The summed E-state index contributed by atoms with van der Waals surface area (Å²) < 4.78 is 0. The van der Waals surface area contributed by atoms with Gasteiger partial charge in [-0.15, -0.1) is 0 Å². The van der Waals surface area contributed by atoms with E-state index < -0.39 is 0 Å². The maximum atomic E-state index is 3.79. The fraction of sp³-hybridized carbons (Fsp3) is 1.00. The Morgan fingerprint density at radius 1 is 1.11 bits per heavy atom. The average molecular weight is 266 g/mol. The Kier molecular flexibility index (Phi) is 5.70. The van der Waals surface area contributed by atoms with Gasteiger partial charge in [-0.05, 0) is 76.9 Å². The Morgan fingerprint density at radius 3 is 2.53 bits per heavy atom. The summed E-state index contributed by atoms with van der Waals surface area (Å²) in [4.78, 5) is 2.69. The molecule has 2 nitrogen and oxygen atoms in total. The van der Waals surface area contributed by atoms with Crippen LogP contribution in [0, 0.1) is 5.41 Å². The van der Waals surface area contributed by atoms with Crippen LogP contribution in [0.5, 0.6) is 0 Å². The molecular formula is C17H34N2. The van der Waals surface area contributed by atoms with Crippen molar-refractivity contribution in [1.29, 1.82) is 0 Å². The first-order chi connectivity index (χ1) is 9.07. The van der Waals surface area contributed by atoms with Gasteiger partial charge in [-0.2, -0.15) is 0 Å². The Bertz CT molecular complexity index is 252. The molecule has 1 aliphatic heterocycles. The van der Waals surface area contributed by atoms with Crippen LogP contribution in [0.2, 0.25) is 0 Å². The first-order valence-electron chi connectivity index (χ1n) is 8.54. The van der Waals surface area contributed by atoms with Gasteiger partial charge in [0.15, 0.2) is 0 Å². The summed E-state index contributed by atoms with van der Waals surface area (Å²) in [5, 5.41) is 3.79. The molecule has 2 fully saturated rings. The van der Waals surface area contributed by atoms with Gasteiger partial charge < -0.3 is 10.2 Å². The lowest BCUT2D eigenvalue weighted by Gasteiger charge is -2.35. The zero-order chi connectivity index (χ0) is 13.7. The third-order valence-electron chi connectivity index (χ3n) is 5.33. The minimum absolute atomic E-state index is 0.599. The van der Waals surface area contributed by atoms with Crippen molar-refractivity contribution >= 4 is 0 Å². The molecule has 1 unspecified atom stereocenters. The van der Waals surface area contributed by atoms with Crippen molar-refractivity contribution in [3.63, 3.8) is 0 Å². The first-order valence-corrected chi connectivity index (χ1v) is 8.54. The Labute approximate surface area is 120 Å². The van der Waals surface area contributed by atoms with E-state index in [0.29, 0.717) is 5.41 Å². The van der Waals surface area contributed by atoms with E-state index in [-0.39, 0.29) is 0 Å². The van der Waals surface area contributed by atoms with Crippen LogP contribution in [0.15, 0.2) is 0 Å². The third kappa shape index (κ3) is 5.07. The molecule has 0 aromatic heterocycles. The topological polar surface area (TPSA) is 15.3 Å². The number of rotatable bonds is 5. The van der Waals surface area contributed by atoms with Crippen molar-refractivity contribution in [2.45, 2.75) is 84.2 Å². The predicted octanol–water partition coefficient (Wildman–Crippen LogP) is 3.81. The molecule has 112 valence electrons. The van der Waals surface area contributed by atoms with Gasteiger partial charge in [0.05, 0.1) is 0 Å². The van der Waals surface area contributed by atoms with E-state index in [1.807, 2.05) is 0 Å². The molecule has 1 N–H and O–H groups in total. The monoisotopic (exact) mass is 266 g/mol. The lowest BCUT2D eigenvalue weighted by Crippen LogP contribution is -2.40. The highest BCUT2D eigenvalue weighted by Crippen LogP contribution is 2.34. The second-order valence-corrected chi connectivity index (χ2v) is 7.63. The van der Waals surface area contributed by atoms with Crippen molar-refractivity contribution in [3.05, 3.63) is 0 Å². The minimum Gasteiger partial charge on any atom is -0.314 e. The second kappa shape index (κ2) is 7.08. The molecule has 1 saturated heterocycles. The van der Waals surface area contributed by atoms with Gasteiger partial charge in [0.1, 0.15) is 0 Å². The van der Waals surface area contributed by atoms with Crippen LogP contribution in [0.3, 0.4) is 0 Å². The molecule has 1 heterocycles. The minimum atomic E-state index is 0.599. The smallest absolute Gasteiger partial charge is 0.00674 e. The highest BCUT2D eigenvalue weighted by molar-refractivity contribution is 4.82. The molecule has 1 atom stereocenters. The van der Waals surface area contributed by atoms with E-state index in [4.69, 9.17) is 0 Å². The van der Waals surface area contributed by atoms with Gasteiger partial charge in [-0.25, -0.2) is 0 Å². The molecule has 1 aliphatic carbocycles. The van der Waals surface area contributed by atoms with Gasteiger partial charge in [0.2, 0.25) is 0 Å². The zero-order valence-corrected chi connectivity index (χ0v) is 13.4. The van der Waals surface area contributed by atoms with Crippen molar-refractivity contribution in [1.82, 2.24) is 10.2 Å². The van der Waals surface area contributed by atoms with Gasteiger partial charge in [0.25, 0.3) is 0 Å². The van der Waals surface area contributed by atoms with Gasteiger partial charge in [-0.1, -0.05) is 20.3 Å². The lowest BCUT2D eigenvalue weighted by atomic mass is 9.75. The van der Waals surface area contributed by atoms with Crippen LogP contribution in [-0.4, -0.2) is 36.6 Å². The van der Waals surface area contributed by atoms with Crippen LogP contribution >= 0.6 is 0 Å². The van der Waals surface area contributed by atoms with Gasteiger partial charge in [-0.3, -0.25) is 0 Å². The first kappa shape index (κ1) is 15.3. The van der Waals surface area contributed by atoms with Crippen molar-refractivity contribution in [2.75, 3.05) is 19.6 Å². The summed E-state index contributed by atoms with van der Waals surface area (Å²) in [6.45, 7) is 11.1. The molecule has 2 aliphatic rings. The summed E-state index contributed by atoms with van der Waals surface area (Å²) in [7, 11) is 0. The van der Waals surface area contributed by atoms with Gasteiger partial charge in [0, 0.05) is 12.1 Å². The van der Waals surface area contributed by atoms with Crippen LogP contribution in [0.4, 0.5) is 0 Å². The second-order valence-electron chi connectivity index (χ2n) is 7.63. The average Bonchev–Trinajstić information content (AvgIpc) is 2.38. The van der Waals surface area contributed by atoms with E-state index in [1.54, 1.807) is 0 Å². The summed E-state index contributed by atoms with van der Waals surface area (Å²) in [5.41, 5.74) is 0.599. The van der Waals surface area contributed by atoms with Gasteiger partial charge >= 0.3 is 0 Å². The number of hydrogen-bond donors (Lipinski definition) is 1. The van der Waals surface area contributed by atoms with Crippen LogP contribution in [0.25, 0.3) is 0 Å². The molecule has 2 rings (SSSR count). The van der Waals surface area contributed by atoms with Crippen molar-refractivity contribution in [3.8, 4) is 0 Å². The number of hydrogen-bond acceptors (Lipinski definition) is 2. The van der Waals surface area contributed by atoms with Crippen LogP contribution < -0.4 is 5.32 Å². The molecule has 0 amide bonds.